The van der Waals surface area contributed by atoms with Crippen molar-refractivity contribution in [3.8, 4) is 5.75 Å². The predicted octanol–water partition coefficient (Wildman–Crippen LogP) is 1.70. The van der Waals surface area contributed by atoms with Crippen LogP contribution < -0.4 is 10.1 Å². The maximum absolute atomic E-state index is 11.1. The van der Waals surface area contributed by atoms with Gasteiger partial charge in [-0.05, 0) is 25.5 Å². The molecule has 1 heterocycles. The molecule has 20 heavy (non-hydrogen) atoms. The van der Waals surface area contributed by atoms with Gasteiger partial charge in [0.25, 0.3) is 0 Å². The number of sulfone groups is 1. The molecule has 114 valence electrons. The Hall–Kier alpha value is -1.14. The third-order valence-electron chi connectivity index (χ3n) is 2.67. The average molecular weight is 300 g/mol. The summed E-state index contributed by atoms with van der Waals surface area (Å²) in [6.07, 6.45) is 1.72. The van der Waals surface area contributed by atoms with Gasteiger partial charge < -0.3 is 10.1 Å². The Balaban J connectivity index is 2.59. The molecular formula is C14H24N2O3S. The van der Waals surface area contributed by atoms with Crippen molar-refractivity contribution in [3.05, 3.63) is 23.5 Å². The highest BCUT2D eigenvalue weighted by Crippen LogP contribution is 2.17. The number of rotatable bonds is 8. The third kappa shape index (κ3) is 6.86. The zero-order valence-corrected chi connectivity index (χ0v) is 13.5. The minimum Gasteiger partial charge on any atom is -0.492 e. The minimum absolute atomic E-state index is 0.145. The first-order chi connectivity index (χ1) is 9.28. The van der Waals surface area contributed by atoms with Gasteiger partial charge in [-0.3, -0.25) is 4.98 Å². The molecule has 0 saturated heterocycles. The summed E-state index contributed by atoms with van der Waals surface area (Å²) < 4.78 is 27.8. The number of nitrogens with one attached hydrogen (secondary N) is 1. The van der Waals surface area contributed by atoms with Crippen LogP contribution in [0, 0.1) is 6.92 Å². The van der Waals surface area contributed by atoms with Crippen molar-refractivity contribution >= 4 is 9.84 Å². The number of nitrogens with zero attached hydrogens (tertiary/aromatic N) is 1. The van der Waals surface area contributed by atoms with Crippen LogP contribution in [0.15, 0.2) is 12.1 Å². The Labute approximate surface area is 121 Å². The summed E-state index contributed by atoms with van der Waals surface area (Å²) in [6.45, 7) is 7.10. The summed E-state index contributed by atoms with van der Waals surface area (Å²) in [4.78, 5) is 4.47. The van der Waals surface area contributed by atoms with Gasteiger partial charge in [0, 0.05) is 24.5 Å². The van der Waals surface area contributed by atoms with E-state index in [9.17, 15) is 8.42 Å². The molecule has 0 spiro atoms. The molecule has 0 unspecified atom stereocenters. The van der Waals surface area contributed by atoms with Gasteiger partial charge in [0.05, 0.1) is 18.1 Å². The van der Waals surface area contributed by atoms with Crippen LogP contribution >= 0.6 is 0 Å². The molecule has 1 N–H and O–H groups in total. The highest BCUT2D eigenvalue weighted by molar-refractivity contribution is 7.90. The molecule has 5 nitrogen and oxygen atoms in total. The summed E-state index contributed by atoms with van der Waals surface area (Å²) in [5, 5.41) is 3.31. The molecule has 1 aromatic heterocycles. The second kappa shape index (κ2) is 7.59. The monoisotopic (exact) mass is 300 g/mol. The van der Waals surface area contributed by atoms with Crippen LogP contribution in [0.2, 0.25) is 0 Å². The van der Waals surface area contributed by atoms with Gasteiger partial charge in [-0.25, -0.2) is 8.42 Å². The molecular weight excluding hydrogens is 276 g/mol. The lowest BCUT2D eigenvalue weighted by atomic mass is 10.2. The number of ether oxygens (including phenoxy) is 1. The molecule has 0 radical (unpaired) electrons. The smallest absolute Gasteiger partial charge is 0.147 e. The lowest BCUT2D eigenvalue weighted by Crippen LogP contribution is -2.23. The maximum Gasteiger partial charge on any atom is 0.147 e. The Morgan fingerprint density at radius 2 is 2.05 bits per heavy atom. The zero-order valence-electron chi connectivity index (χ0n) is 12.6. The van der Waals surface area contributed by atoms with E-state index in [2.05, 4.69) is 24.1 Å². The highest BCUT2D eigenvalue weighted by Gasteiger charge is 2.08. The van der Waals surface area contributed by atoms with Gasteiger partial charge in [-0.15, -0.1) is 0 Å². The lowest BCUT2D eigenvalue weighted by molar-refractivity contribution is 0.311. The summed E-state index contributed by atoms with van der Waals surface area (Å²) >= 11 is 0. The van der Waals surface area contributed by atoms with E-state index in [0.717, 1.165) is 17.1 Å². The zero-order chi connectivity index (χ0) is 15.2. The second-order valence-corrected chi connectivity index (χ2v) is 7.52. The fraction of sp³-hybridized carbons (Fsp3) is 0.643. The molecule has 0 aliphatic heterocycles. The minimum atomic E-state index is -2.92. The van der Waals surface area contributed by atoms with Crippen LogP contribution in [0.3, 0.4) is 0 Å². The van der Waals surface area contributed by atoms with Gasteiger partial charge in [0.1, 0.15) is 15.6 Å². The van der Waals surface area contributed by atoms with E-state index in [1.807, 2.05) is 19.1 Å². The topological polar surface area (TPSA) is 68.3 Å². The molecule has 1 aromatic rings. The number of hydrogen-bond acceptors (Lipinski definition) is 5. The van der Waals surface area contributed by atoms with E-state index >= 15 is 0 Å². The van der Waals surface area contributed by atoms with Crippen LogP contribution in [-0.4, -0.2) is 38.1 Å². The maximum atomic E-state index is 11.1. The summed E-state index contributed by atoms with van der Waals surface area (Å²) in [5.41, 5.74) is 1.80. The van der Waals surface area contributed by atoms with Crippen molar-refractivity contribution in [3.63, 3.8) is 0 Å². The molecule has 0 fully saturated rings. The number of aromatic nitrogens is 1. The Kier molecular flexibility index (Phi) is 6.42. The fourth-order valence-corrected chi connectivity index (χ4v) is 2.30. The third-order valence-corrected chi connectivity index (χ3v) is 3.70. The fourth-order valence-electron chi connectivity index (χ4n) is 1.66. The van der Waals surface area contributed by atoms with Gasteiger partial charge in [0.15, 0.2) is 0 Å². The van der Waals surface area contributed by atoms with Crippen LogP contribution in [0.1, 0.15) is 31.7 Å². The van der Waals surface area contributed by atoms with Gasteiger partial charge >= 0.3 is 0 Å². The second-order valence-electron chi connectivity index (χ2n) is 5.26. The summed E-state index contributed by atoms with van der Waals surface area (Å²) in [6, 6.07) is 4.15. The van der Waals surface area contributed by atoms with Crippen LogP contribution in [0.5, 0.6) is 5.75 Å². The van der Waals surface area contributed by atoms with E-state index in [0.29, 0.717) is 25.6 Å². The highest BCUT2D eigenvalue weighted by atomic mass is 32.2. The first-order valence-electron chi connectivity index (χ1n) is 6.78. The molecule has 6 heteroatoms. The molecule has 0 bridgehead atoms. The predicted molar refractivity (Wildman–Crippen MR) is 80.8 cm³/mol. The van der Waals surface area contributed by atoms with Crippen LogP contribution in [-0.2, 0) is 16.4 Å². The van der Waals surface area contributed by atoms with E-state index < -0.39 is 9.84 Å². The summed E-state index contributed by atoms with van der Waals surface area (Å²) in [7, 11) is -2.92. The van der Waals surface area contributed by atoms with Gasteiger partial charge in [-0.2, -0.15) is 0 Å². The lowest BCUT2D eigenvalue weighted by Gasteiger charge is -2.13. The van der Waals surface area contributed by atoms with Gasteiger partial charge in [0.2, 0.25) is 0 Å². The molecule has 0 atom stereocenters. The van der Waals surface area contributed by atoms with Crippen molar-refractivity contribution in [2.45, 2.75) is 39.8 Å². The van der Waals surface area contributed by atoms with Crippen molar-refractivity contribution in [1.82, 2.24) is 10.3 Å². The molecule has 0 aliphatic rings. The standard InChI is InChI=1S/C14H24N2O3S/c1-11(2)15-10-13-14(7-6-12(3)16-13)19-8-5-9-20(4,17)18/h6-7,11,15H,5,8-10H2,1-4H3. The van der Waals surface area contributed by atoms with Crippen molar-refractivity contribution in [2.24, 2.45) is 0 Å². The number of hydrogen-bond donors (Lipinski definition) is 1. The number of pyridine rings is 1. The van der Waals surface area contributed by atoms with E-state index in [1.54, 1.807) is 0 Å². The first-order valence-corrected chi connectivity index (χ1v) is 8.84. The van der Waals surface area contributed by atoms with Crippen molar-refractivity contribution < 1.29 is 13.2 Å². The average Bonchev–Trinajstić information content (AvgIpc) is 2.32. The van der Waals surface area contributed by atoms with Gasteiger partial charge in [-0.1, -0.05) is 13.8 Å². The van der Waals surface area contributed by atoms with E-state index in [1.165, 1.54) is 6.26 Å². The van der Waals surface area contributed by atoms with Crippen molar-refractivity contribution in [1.29, 1.82) is 0 Å². The SMILES string of the molecule is Cc1ccc(OCCCS(C)(=O)=O)c(CNC(C)C)n1. The molecule has 0 amide bonds. The van der Waals surface area contributed by atoms with E-state index in [-0.39, 0.29) is 5.75 Å². The number of aryl methyl sites for hydroxylation is 1. The summed E-state index contributed by atoms with van der Waals surface area (Å²) in [5.74, 6) is 0.864. The molecule has 1 rings (SSSR count). The van der Waals surface area contributed by atoms with Crippen LogP contribution in [0.4, 0.5) is 0 Å². The molecule has 0 aliphatic carbocycles. The molecule has 0 aromatic carbocycles. The van der Waals surface area contributed by atoms with Crippen LogP contribution in [0.25, 0.3) is 0 Å². The Morgan fingerprint density at radius 1 is 1.35 bits per heavy atom. The van der Waals surface area contributed by atoms with Crippen molar-refractivity contribution in [2.75, 3.05) is 18.6 Å². The Morgan fingerprint density at radius 3 is 2.65 bits per heavy atom. The normalized spacial score (nSPS) is 11.8. The van der Waals surface area contributed by atoms with E-state index in [4.69, 9.17) is 4.74 Å². The molecule has 0 saturated carbocycles. The Bertz CT molecular complexity index is 527. The quantitative estimate of drug-likeness (QED) is 0.740. The largest absolute Gasteiger partial charge is 0.492 e. The first kappa shape index (κ1) is 16.9.